The Bertz CT molecular complexity index is 385. The van der Waals surface area contributed by atoms with Crippen molar-refractivity contribution in [1.29, 1.82) is 0 Å². The van der Waals surface area contributed by atoms with Gasteiger partial charge in [0.05, 0.1) is 6.20 Å². The minimum atomic E-state index is 0.182. The van der Waals surface area contributed by atoms with Crippen LogP contribution < -0.4 is 0 Å². The summed E-state index contributed by atoms with van der Waals surface area (Å²) in [6.45, 7) is 2.08. The van der Waals surface area contributed by atoms with E-state index in [-0.39, 0.29) is 5.15 Å². The van der Waals surface area contributed by atoms with Crippen LogP contribution in [0.3, 0.4) is 0 Å². The van der Waals surface area contributed by atoms with Crippen LogP contribution in [0.15, 0.2) is 36.5 Å². The third-order valence-electron chi connectivity index (χ3n) is 1.49. The number of aryl methyl sites for hydroxylation is 1. The van der Waals surface area contributed by atoms with Gasteiger partial charge in [-0.05, 0) is 12.1 Å². The first-order valence-corrected chi connectivity index (χ1v) is 4.97. The molecule has 15 heavy (non-hydrogen) atoms. The van der Waals surface area contributed by atoms with Crippen LogP contribution in [0.2, 0.25) is 10.2 Å². The van der Waals surface area contributed by atoms with Crippen LogP contribution >= 0.6 is 23.2 Å². The molecule has 0 aliphatic heterocycles. The summed E-state index contributed by atoms with van der Waals surface area (Å²) in [4.78, 5) is 0. The molecule has 0 atom stereocenters. The lowest BCUT2D eigenvalue weighted by Crippen LogP contribution is -1.84. The molecule has 2 rings (SSSR count). The minimum Gasteiger partial charge on any atom is -0.137 e. The number of hydrogen-bond donors (Lipinski definition) is 0. The third kappa shape index (κ3) is 4.72. The second-order valence-electron chi connectivity index (χ2n) is 2.73. The van der Waals surface area contributed by atoms with Crippen LogP contribution in [0.4, 0.5) is 0 Å². The fourth-order valence-electron chi connectivity index (χ4n) is 0.777. The number of hydrogen-bond acceptors (Lipinski definition) is 3. The summed E-state index contributed by atoms with van der Waals surface area (Å²) in [6.07, 6.45) is 1.33. The molecule has 1 aromatic heterocycles. The normalized spacial score (nSPS) is 9.00. The van der Waals surface area contributed by atoms with Crippen molar-refractivity contribution in [2.75, 3.05) is 0 Å². The fraction of sp³-hybridized carbons (Fsp3) is 0.100. The van der Waals surface area contributed by atoms with Gasteiger partial charge in [-0.25, -0.2) is 0 Å². The van der Waals surface area contributed by atoms with E-state index in [1.807, 2.05) is 18.2 Å². The molecule has 0 amide bonds. The Labute approximate surface area is 98.1 Å². The average molecular weight is 242 g/mol. The van der Waals surface area contributed by atoms with E-state index >= 15 is 0 Å². The van der Waals surface area contributed by atoms with Gasteiger partial charge in [0.25, 0.3) is 0 Å². The maximum Gasteiger partial charge on any atom is 0.173 e. The molecule has 3 nitrogen and oxygen atoms in total. The van der Waals surface area contributed by atoms with E-state index in [0.29, 0.717) is 5.02 Å². The number of benzene rings is 1. The van der Waals surface area contributed by atoms with E-state index < -0.39 is 0 Å². The number of nitrogens with zero attached hydrogens (tertiary/aromatic N) is 3. The predicted molar refractivity (Wildman–Crippen MR) is 61.0 cm³/mol. The van der Waals surface area contributed by atoms with Gasteiger partial charge >= 0.3 is 0 Å². The highest BCUT2D eigenvalue weighted by molar-refractivity contribution is 6.40. The Balaban J connectivity index is 0.000000151. The summed E-state index contributed by atoms with van der Waals surface area (Å²) in [5.41, 5.74) is 1.32. The first kappa shape index (κ1) is 11.9. The molecule has 1 aromatic carbocycles. The fourth-order valence-corrected chi connectivity index (χ4v) is 0.941. The van der Waals surface area contributed by atoms with E-state index in [2.05, 4.69) is 34.5 Å². The highest BCUT2D eigenvalue weighted by Crippen LogP contribution is 2.13. The zero-order valence-electron chi connectivity index (χ0n) is 8.06. The van der Waals surface area contributed by atoms with Crippen LogP contribution in [0.25, 0.3) is 0 Å². The van der Waals surface area contributed by atoms with Crippen molar-refractivity contribution >= 4 is 23.2 Å². The van der Waals surface area contributed by atoms with Crippen molar-refractivity contribution in [3.8, 4) is 0 Å². The van der Waals surface area contributed by atoms with Crippen molar-refractivity contribution in [1.82, 2.24) is 15.4 Å². The lowest BCUT2D eigenvalue weighted by atomic mass is 10.2. The lowest BCUT2D eigenvalue weighted by molar-refractivity contribution is 0.865. The van der Waals surface area contributed by atoms with Crippen molar-refractivity contribution < 1.29 is 0 Å². The van der Waals surface area contributed by atoms with Crippen LogP contribution in [0.5, 0.6) is 0 Å². The molecule has 0 aliphatic carbocycles. The van der Waals surface area contributed by atoms with Crippen molar-refractivity contribution in [2.45, 2.75) is 6.92 Å². The van der Waals surface area contributed by atoms with Crippen LogP contribution in [0, 0.1) is 6.92 Å². The van der Waals surface area contributed by atoms with Gasteiger partial charge in [-0.1, -0.05) is 59.1 Å². The minimum absolute atomic E-state index is 0.182. The molecule has 0 N–H and O–H groups in total. The van der Waals surface area contributed by atoms with Gasteiger partial charge in [0, 0.05) is 0 Å². The topological polar surface area (TPSA) is 38.7 Å². The molecule has 0 saturated heterocycles. The van der Waals surface area contributed by atoms with Crippen LogP contribution in [-0.2, 0) is 0 Å². The Kier molecular flexibility index (Phi) is 5.01. The van der Waals surface area contributed by atoms with E-state index in [1.165, 1.54) is 11.8 Å². The maximum absolute atomic E-state index is 5.41. The Hall–Kier alpha value is -1.19. The lowest BCUT2D eigenvalue weighted by Gasteiger charge is -1.84. The first-order chi connectivity index (χ1) is 7.20. The van der Waals surface area contributed by atoms with Crippen LogP contribution in [0.1, 0.15) is 5.56 Å². The van der Waals surface area contributed by atoms with E-state index in [9.17, 15) is 0 Å². The zero-order valence-corrected chi connectivity index (χ0v) is 9.57. The molecule has 0 saturated carbocycles. The number of rotatable bonds is 0. The Morgan fingerprint density at radius 2 is 1.73 bits per heavy atom. The third-order valence-corrected chi connectivity index (χ3v) is 2.15. The molecule has 0 unspecified atom stereocenters. The molecule has 2 aromatic rings. The summed E-state index contributed by atoms with van der Waals surface area (Å²) in [7, 11) is 0. The van der Waals surface area contributed by atoms with Gasteiger partial charge in [0.1, 0.15) is 5.02 Å². The van der Waals surface area contributed by atoms with Gasteiger partial charge in [-0.3, -0.25) is 0 Å². The summed E-state index contributed by atoms with van der Waals surface area (Å²) in [5, 5.41) is 10.5. The van der Waals surface area contributed by atoms with E-state index in [4.69, 9.17) is 23.2 Å². The van der Waals surface area contributed by atoms with Crippen LogP contribution in [-0.4, -0.2) is 15.4 Å². The number of aromatic nitrogens is 3. The molecule has 0 aliphatic rings. The molecule has 0 spiro atoms. The summed E-state index contributed by atoms with van der Waals surface area (Å²) < 4.78 is 0. The van der Waals surface area contributed by atoms with E-state index in [1.54, 1.807) is 0 Å². The van der Waals surface area contributed by atoms with Crippen molar-refractivity contribution in [3.63, 3.8) is 0 Å². The maximum atomic E-state index is 5.41. The molecular weight excluding hydrogens is 233 g/mol. The number of halogens is 2. The second kappa shape index (κ2) is 6.32. The highest BCUT2D eigenvalue weighted by atomic mass is 35.5. The second-order valence-corrected chi connectivity index (χ2v) is 3.49. The first-order valence-electron chi connectivity index (χ1n) is 4.21. The summed E-state index contributed by atoms with van der Waals surface area (Å²) >= 11 is 10.8. The summed E-state index contributed by atoms with van der Waals surface area (Å²) in [6, 6.07) is 10.3. The van der Waals surface area contributed by atoms with Crippen molar-refractivity contribution in [2.24, 2.45) is 0 Å². The Morgan fingerprint density at radius 1 is 1.07 bits per heavy atom. The largest absolute Gasteiger partial charge is 0.173 e. The molecule has 78 valence electrons. The Morgan fingerprint density at radius 3 is 2.07 bits per heavy atom. The van der Waals surface area contributed by atoms with Gasteiger partial charge in [-0.15, -0.1) is 10.2 Å². The van der Waals surface area contributed by atoms with Gasteiger partial charge in [-0.2, -0.15) is 0 Å². The monoisotopic (exact) mass is 241 g/mol. The van der Waals surface area contributed by atoms with Crippen molar-refractivity contribution in [3.05, 3.63) is 52.3 Å². The SMILES string of the molecule is Cc1ccccc1.Clc1cnnnc1Cl. The van der Waals surface area contributed by atoms with Gasteiger partial charge in [0.2, 0.25) is 0 Å². The molecule has 0 bridgehead atoms. The molecular formula is C10H9Cl2N3. The standard InChI is InChI=1S/C7H8.C3HCl2N3/c1-7-5-3-2-4-6-7;4-2-1-6-8-7-3(2)5/h2-6H,1H3;1H. The molecule has 0 radical (unpaired) electrons. The average Bonchev–Trinajstić information content (AvgIpc) is 2.25. The van der Waals surface area contributed by atoms with E-state index in [0.717, 1.165) is 0 Å². The van der Waals surface area contributed by atoms with Gasteiger partial charge in [0.15, 0.2) is 5.15 Å². The zero-order chi connectivity index (χ0) is 11.1. The summed E-state index contributed by atoms with van der Waals surface area (Å²) in [5.74, 6) is 0. The predicted octanol–water partition coefficient (Wildman–Crippen LogP) is 3.17. The smallest absolute Gasteiger partial charge is 0.137 e. The molecule has 1 heterocycles. The highest BCUT2D eigenvalue weighted by Gasteiger charge is 1.94. The molecule has 0 fully saturated rings. The quantitative estimate of drug-likeness (QED) is 0.712. The molecule has 5 heteroatoms. The van der Waals surface area contributed by atoms with Gasteiger partial charge < -0.3 is 0 Å².